The van der Waals surface area contributed by atoms with Crippen molar-refractivity contribution in [2.75, 3.05) is 4.90 Å². The van der Waals surface area contributed by atoms with Gasteiger partial charge >= 0.3 is 0 Å². The first-order valence-electron chi connectivity index (χ1n) is 9.72. The van der Waals surface area contributed by atoms with Crippen molar-refractivity contribution in [1.82, 2.24) is 0 Å². The van der Waals surface area contributed by atoms with Gasteiger partial charge in [-0.2, -0.15) is 0 Å². The number of para-hydroxylation sites is 1. The molecule has 0 spiro atoms. The first-order valence-corrected chi connectivity index (χ1v) is 12.3. The summed E-state index contributed by atoms with van der Waals surface area (Å²) in [6.45, 7) is 4.23. The van der Waals surface area contributed by atoms with Gasteiger partial charge in [0.2, 0.25) is 0 Å². The van der Waals surface area contributed by atoms with Gasteiger partial charge in [-0.05, 0) is 37.1 Å². The third-order valence-corrected chi connectivity index (χ3v) is 8.94. The van der Waals surface area contributed by atoms with Crippen LogP contribution < -0.4 is 4.90 Å². The Morgan fingerprint density at radius 3 is 2.23 bits per heavy atom. The maximum Gasteiger partial charge on any atom is 0.259 e. The van der Waals surface area contributed by atoms with E-state index in [1.54, 1.807) is 20.7 Å². The number of anilines is 1. The molecule has 1 aliphatic rings. The van der Waals surface area contributed by atoms with Crippen molar-refractivity contribution in [3.05, 3.63) is 93.1 Å². The summed E-state index contributed by atoms with van der Waals surface area (Å²) in [5, 5.41) is 0. The fourth-order valence-corrected chi connectivity index (χ4v) is 7.48. The van der Waals surface area contributed by atoms with Crippen LogP contribution in [0.2, 0.25) is 0 Å². The minimum Gasteiger partial charge on any atom is -0.297 e. The third-order valence-electron chi connectivity index (χ3n) is 5.61. The summed E-state index contributed by atoms with van der Waals surface area (Å²) in [7, 11) is 3.30. The summed E-state index contributed by atoms with van der Waals surface area (Å²) < 4.78 is 0.896. The molecule has 30 heavy (non-hydrogen) atoms. The number of benzene rings is 3. The summed E-state index contributed by atoms with van der Waals surface area (Å²) >= 11 is 5.66. The average Bonchev–Trinajstić information content (AvgIpc) is 3.17. The summed E-state index contributed by atoms with van der Waals surface area (Å²) in [6.07, 6.45) is 0. The number of rotatable bonds is 2. The van der Waals surface area contributed by atoms with Crippen molar-refractivity contribution in [2.45, 2.75) is 19.4 Å². The van der Waals surface area contributed by atoms with E-state index in [-0.39, 0.29) is 5.91 Å². The maximum atomic E-state index is 14.1. The molecule has 5 rings (SSSR count). The van der Waals surface area contributed by atoms with Crippen LogP contribution in [0.5, 0.6) is 0 Å². The number of amides is 1. The zero-order valence-corrected chi connectivity index (χ0v) is 19.0. The Hall–Kier alpha value is -2.60. The molecule has 0 saturated carbocycles. The first kappa shape index (κ1) is 19.4. The highest BCUT2D eigenvalue weighted by molar-refractivity contribution is 7.80. The predicted octanol–water partition coefficient (Wildman–Crippen LogP) is 7.77. The van der Waals surface area contributed by atoms with Crippen molar-refractivity contribution >= 4 is 44.5 Å². The van der Waals surface area contributed by atoms with E-state index in [1.165, 1.54) is 0 Å². The number of carbonyl (C=O) groups excluding carboxylic acids is 1. The van der Waals surface area contributed by atoms with Gasteiger partial charge in [-0.25, -0.2) is 0 Å². The van der Waals surface area contributed by atoms with Crippen molar-refractivity contribution in [3.63, 3.8) is 0 Å². The summed E-state index contributed by atoms with van der Waals surface area (Å²) in [4.78, 5) is 17.2. The van der Waals surface area contributed by atoms with Crippen LogP contribution in [0.3, 0.4) is 0 Å². The van der Waals surface area contributed by atoms with Crippen molar-refractivity contribution < 1.29 is 4.79 Å². The van der Waals surface area contributed by atoms with Gasteiger partial charge in [-0.15, -0.1) is 0 Å². The molecule has 0 saturated heterocycles. The predicted molar refractivity (Wildman–Crippen MR) is 130 cm³/mol. The van der Waals surface area contributed by atoms with Gasteiger partial charge in [-0.1, -0.05) is 99.6 Å². The lowest BCUT2D eigenvalue weighted by atomic mass is 9.86. The molecule has 2 heterocycles. The van der Waals surface area contributed by atoms with Crippen LogP contribution in [0.4, 0.5) is 5.69 Å². The Morgan fingerprint density at radius 1 is 0.833 bits per heavy atom. The van der Waals surface area contributed by atoms with Crippen LogP contribution in [0.15, 0.2) is 78.9 Å². The molecule has 1 amide bonds. The first-order chi connectivity index (χ1) is 14.5. The zero-order valence-electron chi connectivity index (χ0n) is 16.6. The van der Waals surface area contributed by atoms with E-state index in [0.717, 1.165) is 36.6 Å². The molecule has 0 fully saturated rings. The summed E-state index contributed by atoms with van der Waals surface area (Å²) in [5.41, 5.74) is 5.26. The van der Waals surface area contributed by atoms with E-state index in [1.807, 2.05) is 77.7 Å². The Kier molecular flexibility index (Phi) is 4.69. The van der Waals surface area contributed by atoms with Crippen molar-refractivity contribution in [2.24, 2.45) is 0 Å². The molecule has 148 valence electrons. The molecular formula is C25H19NOS3. The van der Waals surface area contributed by atoms with Gasteiger partial charge in [-0.3, -0.25) is 9.69 Å². The van der Waals surface area contributed by atoms with Crippen molar-refractivity contribution in [1.29, 1.82) is 0 Å². The standard InChI is InChI=1S/C25H19NOS3/c1-25(2)22-21(24(28)30-29-22)19-14-8-9-15-20(19)26(25)23(27)18-13-7-6-12-17(18)16-10-4-3-5-11-16/h3-15H,1-2H3. The molecule has 0 radical (unpaired) electrons. The van der Waals surface area contributed by atoms with Crippen LogP contribution in [-0.4, -0.2) is 5.91 Å². The van der Waals surface area contributed by atoms with Gasteiger partial charge in [0.1, 0.15) is 3.82 Å². The molecule has 5 heteroatoms. The second-order valence-electron chi connectivity index (χ2n) is 7.79. The fourth-order valence-electron chi connectivity index (χ4n) is 4.20. The summed E-state index contributed by atoms with van der Waals surface area (Å²) in [5.74, 6) is 0.00173. The van der Waals surface area contributed by atoms with Gasteiger partial charge in [0.05, 0.1) is 16.1 Å². The van der Waals surface area contributed by atoms with Crippen molar-refractivity contribution in [3.8, 4) is 22.3 Å². The second kappa shape index (κ2) is 7.27. The molecule has 2 nitrogen and oxygen atoms in total. The number of nitrogens with zero attached hydrogens (tertiary/aromatic N) is 1. The molecule has 0 N–H and O–H groups in total. The van der Waals surface area contributed by atoms with E-state index in [9.17, 15) is 4.79 Å². The molecule has 0 atom stereocenters. The molecule has 1 aliphatic heterocycles. The van der Waals surface area contributed by atoms with Gasteiger partial charge in [0.15, 0.2) is 0 Å². The van der Waals surface area contributed by atoms with E-state index >= 15 is 0 Å². The zero-order chi connectivity index (χ0) is 20.9. The molecule has 0 unspecified atom stereocenters. The quantitative estimate of drug-likeness (QED) is 0.232. The van der Waals surface area contributed by atoms with E-state index < -0.39 is 5.54 Å². The molecule has 1 aromatic heterocycles. The Balaban J connectivity index is 1.73. The largest absolute Gasteiger partial charge is 0.297 e. The van der Waals surface area contributed by atoms with E-state index in [4.69, 9.17) is 12.2 Å². The second-order valence-corrected chi connectivity index (χ2v) is 10.6. The highest BCUT2D eigenvalue weighted by Crippen LogP contribution is 2.52. The van der Waals surface area contributed by atoms with Crippen LogP contribution in [0.25, 0.3) is 22.3 Å². The average molecular weight is 446 g/mol. The maximum absolute atomic E-state index is 14.1. The van der Waals surface area contributed by atoms with E-state index in [2.05, 4.69) is 19.9 Å². The SMILES string of the molecule is CC1(C)c2ssc(=S)c2-c2ccccc2N1C(=O)c1ccccc1-c1ccccc1. The van der Waals surface area contributed by atoms with Crippen LogP contribution in [-0.2, 0) is 5.54 Å². The minimum absolute atomic E-state index is 0.00173. The van der Waals surface area contributed by atoms with Gasteiger partial charge in [0.25, 0.3) is 5.91 Å². The normalized spacial score (nSPS) is 14.1. The topological polar surface area (TPSA) is 20.3 Å². The number of hydrogen-bond acceptors (Lipinski definition) is 4. The lowest BCUT2D eigenvalue weighted by Gasteiger charge is -2.43. The van der Waals surface area contributed by atoms with Crippen LogP contribution in [0, 0.1) is 3.82 Å². The summed E-state index contributed by atoms with van der Waals surface area (Å²) in [6, 6.07) is 26.0. The smallest absolute Gasteiger partial charge is 0.259 e. The number of hydrogen-bond donors (Lipinski definition) is 0. The monoisotopic (exact) mass is 445 g/mol. The Labute approximate surface area is 188 Å². The highest BCUT2D eigenvalue weighted by Gasteiger charge is 2.43. The minimum atomic E-state index is -0.497. The third kappa shape index (κ3) is 2.88. The molecule has 4 aromatic rings. The Morgan fingerprint density at radius 2 is 1.47 bits per heavy atom. The molecular weight excluding hydrogens is 426 g/mol. The highest BCUT2D eigenvalue weighted by atomic mass is 32.9. The molecule has 3 aromatic carbocycles. The molecule has 0 bridgehead atoms. The van der Waals surface area contributed by atoms with Crippen LogP contribution >= 0.6 is 32.9 Å². The number of carbonyl (C=O) groups is 1. The number of fused-ring (bicyclic) bond motifs is 3. The fraction of sp³-hybridized carbons (Fsp3) is 0.120. The van der Waals surface area contributed by atoms with Crippen LogP contribution in [0.1, 0.15) is 29.1 Å². The van der Waals surface area contributed by atoms with E-state index in [0.29, 0.717) is 5.56 Å². The lowest BCUT2D eigenvalue weighted by molar-refractivity contribution is 0.0962. The molecule has 0 aliphatic carbocycles. The Bertz CT molecular complexity index is 1320. The van der Waals surface area contributed by atoms with Gasteiger partial charge in [0, 0.05) is 16.7 Å². The van der Waals surface area contributed by atoms with Gasteiger partial charge < -0.3 is 0 Å². The lowest BCUT2D eigenvalue weighted by Crippen LogP contribution is -2.47.